The number of Topliss-reactive ketones (excluding diaryl/α,β-unsaturated/α-hetero) is 1. The smallest absolute Gasteiger partial charge is 0.139 e. The molecule has 1 aromatic carbocycles. The topological polar surface area (TPSA) is 17.1 Å². The van der Waals surface area contributed by atoms with Gasteiger partial charge in [0.2, 0.25) is 0 Å². The molecule has 0 radical (unpaired) electrons. The van der Waals surface area contributed by atoms with Crippen LogP contribution in [0.15, 0.2) is 24.3 Å². The van der Waals surface area contributed by atoms with Crippen molar-refractivity contribution in [2.24, 2.45) is 5.41 Å². The Morgan fingerprint density at radius 3 is 2.78 bits per heavy atom. The Labute approximate surface area is 111 Å². The van der Waals surface area contributed by atoms with Crippen LogP contribution in [0.1, 0.15) is 63.5 Å². The maximum Gasteiger partial charge on any atom is 0.139 e. The second kappa shape index (κ2) is 5.26. The van der Waals surface area contributed by atoms with Crippen LogP contribution in [-0.2, 0) is 11.2 Å². The molecule has 1 heteroatoms. The summed E-state index contributed by atoms with van der Waals surface area (Å²) >= 11 is 0. The lowest BCUT2D eigenvalue weighted by Crippen LogP contribution is -2.26. The van der Waals surface area contributed by atoms with Crippen molar-refractivity contribution in [3.8, 4) is 0 Å². The van der Waals surface area contributed by atoms with Gasteiger partial charge in [0.15, 0.2) is 0 Å². The molecular formula is C17H24O. The van der Waals surface area contributed by atoms with E-state index in [9.17, 15) is 4.79 Å². The molecule has 0 saturated carbocycles. The van der Waals surface area contributed by atoms with E-state index in [1.807, 2.05) is 0 Å². The lowest BCUT2D eigenvalue weighted by molar-refractivity contribution is -0.127. The number of carbonyl (C=O) groups is 1. The Bertz CT molecular complexity index is 431. The van der Waals surface area contributed by atoms with Crippen molar-refractivity contribution in [1.82, 2.24) is 0 Å². The van der Waals surface area contributed by atoms with Crippen LogP contribution in [0, 0.1) is 5.41 Å². The van der Waals surface area contributed by atoms with Crippen LogP contribution in [0.4, 0.5) is 0 Å². The van der Waals surface area contributed by atoms with Gasteiger partial charge in [-0.25, -0.2) is 0 Å². The standard InChI is InChI=1S/C17H24O/c1-4-17(2,3)16(18)12-14-10-7-9-13-8-5-6-11-15(13)14/h5-6,8,11,14H,4,7,9-10,12H2,1-3H3. The van der Waals surface area contributed by atoms with E-state index >= 15 is 0 Å². The van der Waals surface area contributed by atoms with Gasteiger partial charge in [-0.15, -0.1) is 0 Å². The SMILES string of the molecule is CCC(C)(C)C(=O)CC1CCCc2ccccc21. The highest BCUT2D eigenvalue weighted by atomic mass is 16.1. The minimum absolute atomic E-state index is 0.160. The van der Waals surface area contributed by atoms with Gasteiger partial charge in [0, 0.05) is 11.8 Å². The lowest BCUT2D eigenvalue weighted by Gasteiger charge is -2.28. The summed E-state index contributed by atoms with van der Waals surface area (Å²) in [5, 5.41) is 0. The molecule has 1 aliphatic rings. The van der Waals surface area contributed by atoms with Crippen LogP contribution >= 0.6 is 0 Å². The zero-order chi connectivity index (χ0) is 13.2. The number of benzene rings is 1. The number of hydrogen-bond donors (Lipinski definition) is 0. The normalized spacial score (nSPS) is 19.4. The number of carbonyl (C=O) groups excluding carboxylic acids is 1. The monoisotopic (exact) mass is 244 g/mol. The first-order chi connectivity index (χ1) is 8.54. The fraction of sp³-hybridized carbons (Fsp3) is 0.588. The van der Waals surface area contributed by atoms with Crippen molar-refractivity contribution in [3.63, 3.8) is 0 Å². The van der Waals surface area contributed by atoms with E-state index in [1.54, 1.807) is 0 Å². The molecule has 1 unspecified atom stereocenters. The van der Waals surface area contributed by atoms with Gasteiger partial charge in [0.25, 0.3) is 0 Å². The van der Waals surface area contributed by atoms with Crippen LogP contribution in [-0.4, -0.2) is 5.78 Å². The number of hydrogen-bond acceptors (Lipinski definition) is 1. The minimum atomic E-state index is -0.160. The van der Waals surface area contributed by atoms with Crippen molar-refractivity contribution >= 4 is 5.78 Å². The third-order valence-corrected chi connectivity index (χ3v) is 4.56. The molecule has 1 aliphatic carbocycles. The first kappa shape index (κ1) is 13.3. The molecule has 1 aromatic rings. The van der Waals surface area contributed by atoms with Gasteiger partial charge in [-0.2, -0.15) is 0 Å². The minimum Gasteiger partial charge on any atom is -0.299 e. The third kappa shape index (κ3) is 2.66. The van der Waals surface area contributed by atoms with Gasteiger partial charge in [0.1, 0.15) is 5.78 Å². The van der Waals surface area contributed by atoms with E-state index in [0.29, 0.717) is 11.7 Å². The van der Waals surface area contributed by atoms with Crippen molar-refractivity contribution in [1.29, 1.82) is 0 Å². The van der Waals surface area contributed by atoms with Crippen LogP contribution < -0.4 is 0 Å². The van der Waals surface area contributed by atoms with Crippen molar-refractivity contribution in [2.45, 2.75) is 58.8 Å². The summed E-state index contributed by atoms with van der Waals surface area (Å²) in [6, 6.07) is 8.65. The Balaban J connectivity index is 2.15. The zero-order valence-corrected chi connectivity index (χ0v) is 11.8. The fourth-order valence-corrected chi connectivity index (χ4v) is 2.76. The molecule has 1 atom stereocenters. The average molecular weight is 244 g/mol. The lowest BCUT2D eigenvalue weighted by atomic mass is 9.75. The molecule has 0 saturated heterocycles. The molecular weight excluding hydrogens is 220 g/mol. The summed E-state index contributed by atoms with van der Waals surface area (Å²) in [7, 11) is 0. The van der Waals surface area contributed by atoms with Gasteiger partial charge in [-0.05, 0) is 42.7 Å². The van der Waals surface area contributed by atoms with E-state index in [0.717, 1.165) is 12.8 Å². The number of fused-ring (bicyclic) bond motifs is 1. The predicted octanol–water partition coefficient (Wildman–Crippen LogP) is 4.50. The maximum absolute atomic E-state index is 12.4. The van der Waals surface area contributed by atoms with E-state index in [1.165, 1.54) is 30.4 Å². The highest BCUT2D eigenvalue weighted by Crippen LogP contribution is 2.36. The van der Waals surface area contributed by atoms with E-state index in [2.05, 4.69) is 45.0 Å². The second-order valence-corrected chi connectivity index (χ2v) is 6.15. The molecule has 0 fully saturated rings. The molecule has 0 bridgehead atoms. The number of rotatable bonds is 4. The molecule has 0 aliphatic heterocycles. The first-order valence-corrected chi connectivity index (χ1v) is 7.15. The number of ketones is 1. The molecule has 0 aromatic heterocycles. The van der Waals surface area contributed by atoms with Gasteiger partial charge in [0.05, 0.1) is 0 Å². The van der Waals surface area contributed by atoms with E-state index < -0.39 is 0 Å². The van der Waals surface area contributed by atoms with Crippen LogP contribution in [0.25, 0.3) is 0 Å². The summed E-state index contributed by atoms with van der Waals surface area (Å²) in [4.78, 5) is 12.4. The molecule has 18 heavy (non-hydrogen) atoms. The molecule has 0 spiro atoms. The maximum atomic E-state index is 12.4. The Morgan fingerprint density at radius 2 is 2.06 bits per heavy atom. The van der Waals surface area contributed by atoms with Gasteiger partial charge in [-0.1, -0.05) is 45.0 Å². The van der Waals surface area contributed by atoms with Crippen LogP contribution in [0.3, 0.4) is 0 Å². The van der Waals surface area contributed by atoms with Gasteiger partial charge < -0.3 is 0 Å². The number of aryl methyl sites for hydroxylation is 1. The largest absolute Gasteiger partial charge is 0.299 e. The van der Waals surface area contributed by atoms with Crippen molar-refractivity contribution in [2.75, 3.05) is 0 Å². The first-order valence-electron chi connectivity index (χ1n) is 7.15. The summed E-state index contributed by atoms with van der Waals surface area (Å²) in [6.07, 6.45) is 5.22. The highest BCUT2D eigenvalue weighted by Gasteiger charge is 2.29. The van der Waals surface area contributed by atoms with E-state index in [4.69, 9.17) is 0 Å². The Hall–Kier alpha value is -1.11. The predicted molar refractivity (Wildman–Crippen MR) is 75.8 cm³/mol. The van der Waals surface area contributed by atoms with E-state index in [-0.39, 0.29) is 5.41 Å². The molecule has 0 amide bonds. The highest BCUT2D eigenvalue weighted by molar-refractivity contribution is 5.84. The van der Waals surface area contributed by atoms with Crippen LogP contribution in [0.5, 0.6) is 0 Å². The Morgan fingerprint density at radius 1 is 1.33 bits per heavy atom. The summed E-state index contributed by atoms with van der Waals surface area (Å²) < 4.78 is 0. The average Bonchev–Trinajstić information content (AvgIpc) is 2.39. The zero-order valence-electron chi connectivity index (χ0n) is 11.8. The summed E-state index contributed by atoms with van der Waals surface area (Å²) in [6.45, 7) is 6.25. The summed E-state index contributed by atoms with van der Waals surface area (Å²) in [5.74, 6) is 0.875. The third-order valence-electron chi connectivity index (χ3n) is 4.56. The quantitative estimate of drug-likeness (QED) is 0.762. The van der Waals surface area contributed by atoms with Crippen LogP contribution in [0.2, 0.25) is 0 Å². The molecule has 1 nitrogen and oxygen atoms in total. The second-order valence-electron chi connectivity index (χ2n) is 6.15. The molecule has 0 N–H and O–H groups in total. The van der Waals surface area contributed by atoms with Gasteiger partial charge in [-0.3, -0.25) is 4.79 Å². The van der Waals surface area contributed by atoms with Gasteiger partial charge >= 0.3 is 0 Å². The van der Waals surface area contributed by atoms with Crippen molar-refractivity contribution < 1.29 is 4.79 Å². The van der Waals surface area contributed by atoms with Crippen molar-refractivity contribution in [3.05, 3.63) is 35.4 Å². The molecule has 2 rings (SSSR count). The molecule has 0 heterocycles. The summed E-state index contributed by atoms with van der Waals surface area (Å²) in [5.41, 5.74) is 2.71. The molecule has 98 valence electrons. The Kier molecular flexibility index (Phi) is 3.89. The fourth-order valence-electron chi connectivity index (χ4n) is 2.76.